The molecule has 1 amide bonds. The minimum Gasteiger partial charge on any atom is -0.393 e. The van der Waals surface area contributed by atoms with Gasteiger partial charge >= 0.3 is 0 Å². The second kappa shape index (κ2) is 5.83. The zero-order valence-corrected chi connectivity index (χ0v) is 12.5. The number of carbonyl (C=O) groups excluding carboxylic acids is 1. The topological polar surface area (TPSA) is 53.4 Å². The van der Waals surface area contributed by atoms with Crippen molar-refractivity contribution in [1.29, 1.82) is 0 Å². The Labute approximate surface area is 126 Å². The van der Waals surface area contributed by atoms with Crippen LogP contribution in [0.2, 0.25) is 15.1 Å². The van der Waals surface area contributed by atoms with Gasteiger partial charge in [-0.1, -0.05) is 34.8 Å². The third kappa shape index (κ3) is 3.14. The van der Waals surface area contributed by atoms with Crippen molar-refractivity contribution >= 4 is 40.7 Å². The quantitative estimate of drug-likeness (QED) is 0.930. The lowest BCUT2D eigenvalue weighted by molar-refractivity contribution is 0.0264. The average molecular weight is 324 g/mol. The molecular weight excluding hydrogens is 311 g/mol. The number of aliphatic hydroxyl groups excluding tert-OH is 1. The van der Waals surface area contributed by atoms with Gasteiger partial charge in [-0.25, -0.2) is 4.98 Å². The summed E-state index contributed by atoms with van der Waals surface area (Å²) >= 11 is 17.6. The van der Waals surface area contributed by atoms with Crippen LogP contribution < -0.4 is 0 Å². The van der Waals surface area contributed by atoms with Gasteiger partial charge in [-0.15, -0.1) is 0 Å². The first-order valence-corrected chi connectivity index (χ1v) is 6.96. The molecule has 1 fully saturated rings. The molecule has 104 valence electrons. The summed E-state index contributed by atoms with van der Waals surface area (Å²) < 4.78 is 0. The maximum Gasteiger partial charge on any atom is 0.273 e. The van der Waals surface area contributed by atoms with E-state index in [0.29, 0.717) is 12.5 Å². The number of nitrogens with zero attached hydrogens (tertiary/aromatic N) is 2. The predicted molar refractivity (Wildman–Crippen MR) is 75.0 cm³/mol. The van der Waals surface area contributed by atoms with Gasteiger partial charge in [0.25, 0.3) is 5.91 Å². The van der Waals surface area contributed by atoms with Gasteiger partial charge < -0.3 is 10.0 Å². The van der Waals surface area contributed by atoms with Gasteiger partial charge in [-0.3, -0.25) is 4.79 Å². The summed E-state index contributed by atoms with van der Waals surface area (Å²) in [6.07, 6.45) is 2.52. The lowest BCUT2D eigenvalue weighted by atomic mass is 9.82. The first-order valence-electron chi connectivity index (χ1n) is 5.83. The van der Waals surface area contributed by atoms with Crippen LogP contribution >= 0.6 is 34.8 Å². The van der Waals surface area contributed by atoms with E-state index in [9.17, 15) is 9.90 Å². The van der Waals surface area contributed by atoms with Crippen LogP contribution in [0.25, 0.3) is 0 Å². The third-order valence-electron chi connectivity index (χ3n) is 3.21. The number of halogens is 3. The normalized spacial score (nSPS) is 21.9. The Morgan fingerprint density at radius 3 is 2.63 bits per heavy atom. The smallest absolute Gasteiger partial charge is 0.273 e. The van der Waals surface area contributed by atoms with E-state index in [1.54, 1.807) is 7.05 Å². The first-order chi connectivity index (χ1) is 8.90. The highest BCUT2D eigenvalue weighted by molar-refractivity contribution is 6.48. The maximum absolute atomic E-state index is 12.2. The molecule has 0 spiro atoms. The van der Waals surface area contributed by atoms with Crippen molar-refractivity contribution < 1.29 is 9.90 Å². The van der Waals surface area contributed by atoms with Gasteiger partial charge in [0.15, 0.2) is 0 Å². The summed E-state index contributed by atoms with van der Waals surface area (Å²) in [4.78, 5) is 17.7. The molecule has 1 saturated carbocycles. The number of amides is 1. The summed E-state index contributed by atoms with van der Waals surface area (Å²) in [5.74, 6) is 0.0236. The van der Waals surface area contributed by atoms with E-state index in [1.165, 1.54) is 11.1 Å². The van der Waals surface area contributed by atoms with E-state index in [-0.39, 0.29) is 32.8 Å². The molecule has 0 bridgehead atoms. The lowest BCUT2D eigenvalue weighted by Crippen LogP contribution is -2.39. The van der Waals surface area contributed by atoms with Gasteiger partial charge in [-0.05, 0) is 18.8 Å². The van der Waals surface area contributed by atoms with E-state index < -0.39 is 0 Å². The second-order valence-corrected chi connectivity index (χ2v) is 5.92. The molecule has 0 saturated heterocycles. The Bertz CT molecular complexity index is 504. The van der Waals surface area contributed by atoms with E-state index in [1.807, 2.05) is 0 Å². The van der Waals surface area contributed by atoms with E-state index in [4.69, 9.17) is 34.8 Å². The number of pyridine rings is 1. The molecule has 1 aromatic rings. The SMILES string of the molecule is CN(CC1CC(O)C1)C(=O)c1ncc(Cl)c(Cl)c1Cl. The molecule has 4 nitrogen and oxygen atoms in total. The van der Waals surface area contributed by atoms with Crippen LogP contribution in [0, 0.1) is 5.92 Å². The fraction of sp³-hybridized carbons (Fsp3) is 0.500. The second-order valence-electron chi connectivity index (χ2n) is 4.76. The summed E-state index contributed by atoms with van der Waals surface area (Å²) in [5, 5.41) is 9.65. The molecule has 1 aliphatic carbocycles. The molecule has 1 heterocycles. The van der Waals surface area contributed by atoms with Crippen molar-refractivity contribution in [3.63, 3.8) is 0 Å². The Kier molecular flexibility index (Phi) is 4.56. The van der Waals surface area contributed by atoms with Crippen molar-refractivity contribution in [2.24, 2.45) is 5.92 Å². The van der Waals surface area contributed by atoms with Gasteiger partial charge in [-0.2, -0.15) is 0 Å². The molecule has 1 N–H and O–H groups in total. The predicted octanol–water partition coefficient (Wildman–Crippen LogP) is 2.88. The average Bonchev–Trinajstić information content (AvgIpc) is 2.33. The zero-order valence-electron chi connectivity index (χ0n) is 10.2. The van der Waals surface area contributed by atoms with E-state index >= 15 is 0 Å². The molecule has 0 unspecified atom stereocenters. The van der Waals surface area contributed by atoms with Crippen molar-refractivity contribution in [2.45, 2.75) is 18.9 Å². The van der Waals surface area contributed by atoms with Crippen LogP contribution in [0.1, 0.15) is 23.3 Å². The molecule has 7 heteroatoms. The minimum absolute atomic E-state index is 0.0691. The maximum atomic E-state index is 12.2. The molecule has 0 aliphatic heterocycles. The number of rotatable bonds is 3. The highest BCUT2D eigenvalue weighted by Gasteiger charge is 2.30. The Morgan fingerprint density at radius 2 is 2.05 bits per heavy atom. The summed E-state index contributed by atoms with van der Waals surface area (Å²) in [5.41, 5.74) is 0.0958. The number of aromatic nitrogens is 1. The molecule has 1 aliphatic rings. The first kappa shape index (κ1) is 14.9. The lowest BCUT2D eigenvalue weighted by Gasteiger charge is -2.34. The number of hydrogen-bond acceptors (Lipinski definition) is 3. The van der Waals surface area contributed by atoms with Gasteiger partial charge in [0, 0.05) is 19.8 Å². The van der Waals surface area contributed by atoms with Gasteiger partial charge in [0.1, 0.15) is 5.69 Å². The Balaban J connectivity index is 2.09. The van der Waals surface area contributed by atoms with Crippen LogP contribution in [-0.4, -0.2) is 40.6 Å². The highest BCUT2D eigenvalue weighted by atomic mass is 35.5. The molecule has 0 atom stereocenters. The molecule has 0 radical (unpaired) electrons. The summed E-state index contributed by atoms with van der Waals surface area (Å²) in [7, 11) is 1.67. The standard InChI is InChI=1S/C12H13Cl3N2O2/c1-17(5-6-2-7(18)3-6)12(19)11-10(15)9(14)8(13)4-16-11/h4,6-7,18H,2-3,5H2,1H3. The molecule has 2 rings (SSSR count). The van der Waals surface area contributed by atoms with E-state index in [2.05, 4.69) is 4.98 Å². The number of hydrogen-bond donors (Lipinski definition) is 1. The van der Waals surface area contributed by atoms with Crippen molar-refractivity contribution in [1.82, 2.24) is 9.88 Å². The minimum atomic E-state index is -0.301. The van der Waals surface area contributed by atoms with Crippen LogP contribution in [0.3, 0.4) is 0 Å². The van der Waals surface area contributed by atoms with Crippen LogP contribution in [0.5, 0.6) is 0 Å². The highest BCUT2D eigenvalue weighted by Crippen LogP contribution is 2.32. The van der Waals surface area contributed by atoms with Crippen LogP contribution in [0.4, 0.5) is 0 Å². The van der Waals surface area contributed by atoms with Crippen molar-refractivity contribution in [3.8, 4) is 0 Å². The molecule has 0 aromatic carbocycles. The summed E-state index contributed by atoms with van der Waals surface area (Å²) in [6.45, 7) is 0.564. The largest absolute Gasteiger partial charge is 0.393 e. The van der Waals surface area contributed by atoms with Crippen LogP contribution in [0.15, 0.2) is 6.20 Å². The molecule has 19 heavy (non-hydrogen) atoms. The zero-order chi connectivity index (χ0) is 14.2. The van der Waals surface area contributed by atoms with Crippen LogP contribution in [-0.2, 0) is 0 Å². The number of aliphatic hydroxyl groups is 1. The van der Waals surface area contributed by atoms with Crippen molar-refractivity contribution in [3.05, 3.63) is 27.0 Å². The summed E-state index contributed by atoms with van der Waals surface area (Å²) in [6, 6.07) is 0. The molecular formula is C12H13Cl3N2O2. The van der Waals surface area contributed by atoms with Gasteiger partial charge in [0.2, 0.25) is 0 Å². The fourth-order valence-electron chi connectivity index (χ4n) is 2.09. The Hall–Kier alpha value is -0.550. The van der Waals surface area contributed by atoms with Gasteiger partial charge in [0.05, 0.1) is 21.2 Å². The molecule has 1 aromatic heterocycles. The monoisotopic (exact) mass is 322 g/mol. The Morgan fingerprint density at radius 1 is 1.42 bits per heavy atom. The third-order valence-corrected chi connectivity index (χ3v) is 4.45. The fourth-order valence-corrected chi connectivity index (χ4v) is 2.65. The number of carbonyl (C=O) groups is 1. The van der Waals surface area contributed by atoms with E-state index in [0.717, 1.165) is 12.8 Å². The van der Waals surface area contributed by atoms with Crippen molar-refractivity contribution in [2.75, 3.05) is 13.6 Å².